The molecule has 1 saturated heterocycles. The van der Waals surface area contributed by atoms with Crippen molar-refractivity contribution in [1.82, 2.24) is 15.5 Å². The molecule has 4 amide bonds. The number of urea groups is 1. The molecule has 9 heteroatoms. The van der Waals surface area contributed by atoms with E-state index < -0.39 is 29.9 Å². The molecular formula is C20H19Cl2N3O4. The zero-order valence-corrected chi connectivity index (χ0v) is 17.3. The fraction of sp³-hybridized carbons (Fsp3) is 0.250. The van der Waals surface area contributed by atoms with Gasteiger partial charge in [0, 0.05) is 6.54 Å². The van der Waals surface area contributed by atoms with E-state index in [0.717, 1.165) is 10.5 Å². The maximum absolute atomic E-state index is 12.9. The Hall–Kier alpha value is -2.77. The fourth-order valence-corrected chi connectivity index (χ4v) is 3.32. The number of amides is 4. The molecule has 0 radical (unpaired) electrons. The van der Waals surface area contributed by atoms with E-state index >= 15 is 0 Å². The Bertz CT molecular complexity index is 982. The summed E-state index contributed by atoms with van der Waals surface area (Å²) in [5.41, 5.74) is -0.0293. The van der Waals surface area contributed by atoms with Gasteiger partial charge >= 0.3 is 6.03 Å². The quantitative estimate of drug-likeness (QED) is 0.682. The highest BCUT2D eigenvalue weighted by atomic mass is 35.5. The van der Waals surface area contributed by atoms with Crippen molar-refractivity contribution in [2.45, 2.75) is 19.0 Å². The summed E-state index contributed by atoms with van der Waals surface area (Å²) in [6.07, 6.45) is 0. The van der Waals surface area contributed by atoms with Gasteiger partial charge in [-0.2, -0.15) is 0 Å². The van der Waals surface area contributed by atoms with Gasteiger partial charge in [-0.05, 0) is 42.3 Å². The van der Waals surface area contributed by atoms with Crippen LogP contribution in [-0.2, 0) is 21.7 Å². The van der Waals surface area contributed by atoms with Crippen LogP contribution in [0.25, 0.3) is 0 Å². The molecule has 7 nitrogen and oxygen atoms in total. The van der Waals surface area contributed by atoms with E-state index in [1.165, 1.54) is 6.07 Å². The monoisotopic (exact) mass is 435 g/mol. The third-order valence-electron chi connectivity index (χ3n) is 4.70. The van der Waals surface area contributed by atoms with Crippen molar-refractivity contribution in [2.24, 2.45) is 0 Å². The van der Waals surface area contributed by atoms with Gasteiger partial charge in [-0.3, -0.25) is 14.5 Å². The van der Waals surface area contributed by atoms with Crippen LogP contribution < -0.4 is 15.4 Å². The Kier molecular flexibility index (Phi) is 6.00. The summed E-state index contributed by atoms with van der Waals surface area (Å²) in [7, 11) is 1.56. The summed E-state index contributed by atoms with van der Waals surface area (Å²) in [6.45, 7) is 1.40. The highest BCUT2D eigenvalue weighted by Crippen LogP contribution is 2.32. The van der Waals surface area contributed by atoms with Gasteiger partial charge < -0.3 is 15.4 Å². The molecular weight excluding hydrogens is 417 g/mol. The van der Waals surface area contributed by atoms with Crippen molar-refractivity contribution in [3.05, 3.63) is 63.6 Å². The van der Waals surface area contributed by atoms with E-state index in [2.05, 4.69) is 10.6 Å². The second-order valence-corrected chi connectivity index (χ2v) is 7.52. The first-order valence-electron chi connectivity index (χ1n) is 8.74. The molecule has 3 rings (SSSR count). The van der Waals surface area contributed by atoms with Crippen molar-refractivity contribution in [3.8, 4) is 5.75 Å². The van der Waals surface area contributed by atoms with Crippen LogP contribution in [0.5, 0.6) is 5.75 Å². The lowest BCUT2D eigenvalue weighted by atomic mass is 9.92. The van der Waals surface area contributed by atoms with Crippen molar-refractivity contribution < 1.29 is 19.1 Å². The van der Waals surface area contributed by atoms with E-state index in [9.17, 15) is 14.4 Å². The van der Waals surface area contributed by atoms with Crippen LogP contribution in [0, 0.1) is 0 Å². The van der Waals surface area contributed by atoms with Crippen LogP contribution in [-0.4, -0.2) is 36.4 Å². The second kappa shape index (κ2) is 8.31. The number of hydrogen-bond acceptors (Lipinski definition) is 4. The van der Waals surface area contributed by atoms with Crippen LogP contribution in [0.1, 0.15) is 18.1 Å². The van der Waals surface area contributed by atoms with Gasteiger partial charge in [0.05, 0.1) is 17.2 Å². The normalized spacial score (nSPS) is 18.6. The zero-order valence-electron chi connectivity index (χ0n) is 15.8. The predicted octanol–water partition coefficient (Wildman–Crippen LogP) is 3.09. The molecule has 2 aromatic rings. The molecule has 152 valence electrons. The number of hydrogen-bond donors (Lipinski definition) is 2. The van der Waals surface area contributed by atoms with E-state index in [0.29, 0.717) is 16.3 Å². The number of halogens is 2. The molecule has 0 saturated carbocycles. The Labute approximate surface area is 177 Å². The maximum Gasteiger partial charge on any atom is 0.325 e. The molecule has 1 aliphatic heterocycles. The zero-order chi connectivity index (χ0) is 21.2. The molecule has 1 fully saturated rings. The van der Waals surface area contributed by atoms with Gasteiger partial charge in [-0.25, -0.2) is 4.79 Å². The standard InChI is InChI=1S/C20H19Cl2N3O4/c1-20(13-6-7-15(21)16(22)9-13)18(27)25(19(28)24-20)11-17(26)23-10-12-4-3-5-14(8-12)29-2/h3-9H,10-11H2,1-2H3,(H,23,26)(H,24,28). The minimum Gasteiger partial charge on any atom is -0.497 e. The Morgan fingerprint density at radius 2 is 1.93 bits per heavy atom. The Balaban J connectivity index is 1.67. The number of benzene rings is 2. The van der Waals surface area contributed by atoms with Crippen molar-refractivity contribution in [1.29, 1.82) is 0 Å². The third-order valence-corrected chi connectivity index (χ3v) is 5.44. The number of imide groups is 1. The SMILES string of the molecule is COc1cccc(CNC(=O)CN2C(=O)NC(C)(c3ccc(Cl)c(Cl)c3)C2=O)c1. The van der Waals surface area contributed by atoms with Crippen LogP contribution >= 0.6 is 23.2 Å². The average molecular weight is 436 g/mol. The summed E-state index contributed by atoms with van der Waals surface area (Å²) < 4.78 is 5.14. The molecule has 2 aromatic carbocycles. The smallest absolute Gasteiger partial charge is 0.325 e. The van der Waals surface area contributed by atoms with E-state index in [4.69, 9.17) is 27.9 Å². The summed E-state index contributed by atoms with van der Waals surface area (Å²) >= 11 is 12.0. The lowest BCUT2D eigenvalue weighted by Crippen LogP contribution is -2.43. The molecule has 0 aliphatic carbocycles. The van der Waals surface area contributed by atoms with Crippen molar-refractivity contribution in [3.63, 3.8) is 0 Å². The summed E-state index contributed by atoms with van der Waals surface area (Å²) in [5, 5.41) is 5.92. The molecule has 1 heterocycles. The molecule has 0 bridgehead atoms. The summed E-state index contributed by atoms with van der Waals surface area (Å²) in [5.74, 6) is -0.338. The number of carbonyl (C=O) groups is 3. The molecule has 0 spiro atoms. The number of rotatable bonds is 6. The second-order valence-electron chi connectivity index (χ2n) is 6.70. The third kappa shape index (κ3) is 4.31. The fourth-order valence-electron chi connectivity index (χ4n) is 3.03. The van der Waals surface area contributed by atoms with Gasteiger partial charge in [0.1, 0.15) is 17.8 Å². The average Bonchev–Trinajstić information content (AvgIpc) is 2.92. The van der Waals surface area contributed by atoms with Crippen molar-refractivity contribution in [2.75, 3.05) is 13.7 Å². The molecule has 1 atom stereocenters. The van der Waals surface area contributed by atoms with Crippen molar-refractivity contribution >= 4 is 41.0 Å². The van der Waals surface area contributed by atoms with E-state index in [-0.39, 0.29) is 11.6 Å². The van der Waals surface area contributed by atoms with E-state index in [1.54, 1.807) is 44.4 Å². The molecule has 29 heavy (non-hydrogen) atoms. The first-order chi connectivity index (χ1) is 13.7. The van der Waals surface area contributed by atoms with Gasteiger partial charge in [0.25, 0.3) is 5.91 Å². The minimum absolute atomic E-state index is 0.240. The maximum atomic E-state index is 12.9. The number of nitrogens with zero attached hydrogens (tertiary/aromatic N) is 1. The molecule has 2 N–H and O–H groups in total. The van der Waals surface area contributed by atoms with Gasteiger partial charge in [0.2, 0.25) is 5.91 Å². The van der Waals surface area contributed by atoms with Crippen LogP contribution in [0.2, 0.25) is 10.0 Å². The number of carbonyl (C=O) groups excluding carboxylic acids is 3. The molecule has 1 unspecified atom stereocenters. The van der Waals surface area contributed by atoms with Crippen LogP contribution in [0.3, 0.4) is 0 Å². The largest absolute Gasteiger partial charge is 0.497 e. The first-order valence-corrected chi connectivity index (χ1v) is 9.49. The Morgan fingerprint density at radius 1 is 1.17 bits per heavy atom. The molecule has 0 aromatic heterocycles. The highest BCUT2D eigenvalue weighted by Gasteiger charge is 2.49. The summed E-state index contributed by atoms with van der Waals surface area (Å²) in [6, 6.07) is 11.2. The molecule has 1 aliphatic rings. The van der Waals surface area contributed by atoms with Crippen LogP contribution in [0.4, 0.5) is 4.79 Å². The lowest BCUT2D eigenvalue weighted by molar-refractivity contribution is -0.134. The lowest BCUT2D eigenvalue weighted by Gasteiger charge is -2.22. The Morgan fingerprint density at radius 3 is 2.62 bits per heavy atom. The van der Waals surface area contributed by atoms with Gasteiger partial charge in [-0.1, -0.05) is 41.4 Å². The number of ether oxygens (including phenoxy) is 1. The van der Waals surface area contributed by atoms with E-state index in [1.807, 2.05) is 6.07 Å². The number of nitrogens with one attached hydrogen (secondary N) is 2. The topological polar surface area (TPSA) is 87.7 Å². The van der Waals surface area contributed by atoms with Crippen LogP contribution in [0.15, 0.2) is 42.5 Å². The first kappa shape index (κ1) is 21.0. The van der Waals surface area contributed by atoms with Gasteiger partial charge in [0.15, 0.2) is 0 Å². The number of methoxy groups -OCH3 is 1. The summed E-state index contributed by atoms with van der Waals surface area (Å²) in [4.78, 5) is 38.4. The predicted molar refractivity (Wildman–Crippen MR) is 109 cm³/mol. The minimum atomic E-state index is -1.33. The highest BCUT2D eigenvalue weighted by molar-refractivity contribution is 6.42. The van der Waals surface area contributed by atoms with Gasteiger partial charge in [-0.15, -0.1) is 0 Å².